The van der Waals surface area contributed by atoms with Crippen LogP contribution in [0, 0.1) is 0 Å². The minimum absolute atomic E-state index is 0.00124. The predicted molar refractivity (Wildman–Crippen MR) is 95.5 cm³/mol. The van der Waals surface area contributed by atoms with Gasteiger partial charge in [-0.2, -0.15) is 0 Å². The molecular formula is C17H19N5O2S. The van der Waals surface area contributed by atoms with E-state index in [2.05, 4.69) is 9.97 Å². The minimum Gasteiger partial charge on any atom is -0.351 e. The van der Waals surface area contributed by atoms with E-state index in [9.17, 15) is 8.42 Å². The maximum atomic E-state index is 11.8. The molecule has 0 radical (unpaired) electrons. The summed E-state index contributed by atoms with van der Waals surface area (Å²) in [4.78, 5) is 10.3. The molecule has 0 saturated carbocycles. The van der Waals surface area contributed by atoms with Gasteiger partial charge in [0.15, 0.2) is 0 Å². The summed E-state index contributed by atoms with van der Waals surface area (Å²) in [7, 11) is -2.08. The predicted octanol–water partition coefficient (Wildman–Crippen LogP) is 1.61. The van der Waals surface area contributed by atoms with Gasteiger partial charge in [-0.05, 0) is 17.7 Å². The van der Waals surface area contributed by atoms with Gasteiger partial charge in [0, 0.05) is 32.2 Å². The highest BCUT2D eigenvalue weighted by Crippen LogP contribution is 2.21. The Morgan fingerprint density at radius 2 is 1.84 bits per heavy atom. The molecule has 2 N–H and O–H groups in total. The van der Waals surface area contributed by atoms with Crippen molar-refractivity contribution in [2.24, 2.45) is 5.14 Å². The van der Waals surface area contributed by atoms with E-state index < -0.39 is 10.0 Å². The zero-order chi connectivity index (χ0) is 17.9. The third-order valence-electron chi connectivity index (χ3n) is 3.80. The fourth-order valence-corrected chi connectivity index (χ4v) is 3.33. The van der Waals surface area contributed by atoms with Gasteiger partial charge >= 0.3 is 0 Å². The molecule has 0 atom stereocenters. The highest BCUT2D eigenvalue weighted by atomic mass is 32.2. The summed E-state index contributed by atoms with van der Waals surface area (Å²) in [6, 6.07) is 13.0. The molecule has 2 aromatic heterocycles. The Hall–Kier alpha value is -2.71. The van der Waals surface area contributed by atoms with Crippen molar-refractivity contribution in [1.82, 2.24) is 14.5 Å². The van der Waals surface area contributed by atoms with Crippen LogP contribution >= 0.6 is 0 Å². The normalized spacial score (nSPS) is 11.4. The van der Waals surface area contributed by atoms with Crippen LogP contribution in [0.3, 0.4) is 0 Å². The van der Waals surface area contributed by atoms with Gasteiger partial charge in [0.25, 0.3) is 0 Å². The van der Waals surface area contributed by atoms with Crippen LogP contribution < -0.4 is 10.0 Å². The lowest BCUT2D eigenvalue weighted by Gasteiger charge is -2.20. The molecular weight excluding hydrogens is 338 g/mol. The Morgan fingerprint density at radius 1 is 1.08 bits per heavy atom. The standard InChI is InChI=1S/C17H19N5O2S/c1-21(17-15(25(18,23)24)8-5-9-20-17)13-16-19-10-11-22(16)12-14-6-3-2-4-7-14/h2-11H,12-13H2,1H3,(H2,18,23,24). The molecule has 0 aliphatic rings. The Balaban J connectivity index is 1.84. The summed E-state index contributed by atoms with van der Waals surface area (Å²) >= 11 is 0. The van der Waals surface area contributed by atoms with Crippen molar-refractivity contribution >= 4 is 15.8 Å². The molecule has 8 heteroatoms. The van der Waals surface area contributed by atoms with Gasteiger partial charge in [0.1, 0.15) is 16.5 Å². The third kappa shape index (κ3) is 4.04. The maximum absolute atomic E-state index is 11.8. The third-order valence-corrected chi connectivity index (χ3v) is 4.73. The first-order valence-electron chi connectivity index (χ1n) is 7.68. The number of sulfonamides is 1. The van der Waals surface area contributed by atoms with Crippen LogP contribution in [0.1, 0.15) is 11.4 Å². The number of rotatable bonds is 6. The topological polar surface area (TPSA) is 94.1 Å². The van der Waals surface area contributed by atoms with Crippen LogP contribution in [0.2, 0.25) is 0 Å². The van der Waals surface area contributed by atoms with Crippen molar-refractivity contribution in [3.8, 4) is 0 Å². The van der Waals surface area contributed by atoms with E-state index in [1.165, 1.54) is 12.3 Å². The van der Waals surface area contributed by atoms with Crippen LogP contribution in [0.25, 0.3) is 0 Å². The van der Waals surface area contributed by atoms with E-state index in [-0.39, 0.29) is 4.90 Å². The number of aromatic nitrogens is 3. The van der Waals surface area contributed by atoms with E-state index in [4.69, 9.17) is 5.14 Å². The van der Waals surface area contributed by atoms with Crippen LogP contribution in [-0.2, 0) is 23.1 Å². The van der Waals surface area contributed by atoms with E-state index >= 15 is 0 Å². The van der Waals surface area contributed by atoms with E-state index in [1.807, 2.05) is 41.1 Å². The number of anilines is 1. The SMILES string of the molecule is CN(Cc1nccn1Cc1ccccc1)c1ncccc1S(N)(=O)=O. The number of nitrogens with zero attached hydrogens (tertiary/aromatic N) is 4. The van der Waals surface area contributed by atoms with Gasteiger partial charge in [0.05, 0.1) is 6.54 Å². The van der Waals surface area contributed by atoms with Gasteiger partial charge in [-0.15, -0.1) is 0 Å². The van der Waals surface area contributed by atoms with E-state index in [1.54, 1.807) is 24.2 Å². The second kappa shape index (κ2) is 7.04. The van der Waals surface area contributed by atoms with Crippen LogP contribution in [-0.4, -0.2) is 30.0 Å². The lowest BCUT2D eigenvalue weighted by atomic mass is 10.2. The first-order chi connectivity index (χ1) is 11.9. The molecule has 0 fully saturated rings. The van der Waals surface area contributed by atoms with Gasteiger partial charge in [-0.1, -0.05) is 30.3 Å². The molecule has 0 aliphatic heterocycles. The molecule has 1 aromatic carbocycles. The summed E-state index contributed by atoms with van der Waals surface area (Å²) in [6.07, 6.45) is 5.16. The monoisotopic (exact) mass is 357 g/mol. The molecule has 3 rings (SSSR count). The molecule has 0 unspecified atom stereocenters. The molecule has 0 amide bonds. The highest BCUT2D eigenvalue weighted by molar-refractivity contribution is 7.89. The Kier molecular flexibility index (Phi) is 4.82. The van der Waals surface area contributed by atoms with Crippen LogP contribution in [0.15, 0.2) is 66.0 Å². The molecule has 25 heavy (non-hydrogen) atoms. The molecule has 0 spiro atoms. The van der Waals surface area contributed by atoms with Crippen LogP contribution in [0.5, 0.6) is 0 Å². The number of pyridine rings is 1. The van der Waals surface area contributed by atoms with E-state index in [0.29, 0.717) is 18.9 Å². The van der Waals surface area contributed by atoms with Gasteiger partial charge in [0.2, 0.25) is 10.0 Å². The fourth-order valence-electron chi connectivity index (χ4n) is 2.59. The number of hydrogen-bond donors (Lipinski definition) is 1. The Labute approximate surface area is 146 Å². The maximum Gasteiger partial charge on any atom is 0.241 e. The highest BCUT2D eigenvalue weighted by Gasteiger charge is 2.19. The molecule has 3 aromatic rings. The smallest absolute Gasteiger partial charge is 0.241 e. The lowest BCUT2D eigenvalue weighted by Crippen LogP contribution is -2.24. The molecule has 7 nitrogen and oxygen atoms in total. The fraction of sp³-hybridized carbons (Fsp3) is 0.176. The second-order valence-corrected chi connectivity index (χ2v) is 7.21. The van der Waals surface area contributed by atoms with Crippen molar-refractivity contribution in [2.75, 3.05) is 11.9 Å². The summed E-state index contributed by atoms with van der Waals surface area (Å²) in [5.41, 5.74) is 1.16. The Morgan fingerprint density at radius 3 is 2.56 bits per heavy atom. The summed E-state index contributed by atoms with van der Waals surface area (Å²) in [5, 5.41) is 5.29. The number of primary sulfonamides is 1. The zero-order valence-electron chi connectivity index (χ0n) is 13.8. The zero-order valence-corrected chi connectivity index (χ0v) is 14.6. The number of benzene rings is 1. The molecule has 130 valence electrons. The summed E-state index contributed by atoms with van der Waals surface area (Å²) in [5.74, 6) is 1.11. The molecule has 2 heterocycles. The number of hydrogen-bond acceptors (Lipinski definition) is 5. The first kappa shape index (κ1) is 17.1. The molecule has 0 aliphatic carbocycles. The second-order valence-electron chi connectivity index (χ2n) is 5.68. The van der Waals surface area contributed by atoms with Crippen molar-refractivity contribution in [2.45, 2.75) is 18.0 Å². The number of nitrogens with two attached hydrogens (primary N) is 1. The minimum atomic E-state index is -3.85. The number of imidazole rings is 1. The average molecular weight is 357 g/mol. The quantitative estimate of drug-likeness (QED) is 0.723. The van der Waals surface area contributed by atoms with Gasteiger partial charge in [-0.25, -0.2) is 23.5 Å². The largest absolute Gasteiger partial charge is 0.351 e. The summed E-state index contributed by atoms with van der Waals surface area (Å²) < 4.78 is 25.5. The lowest BCUT2D eigenvalue weighted by molar-refractivity contribution is 0.596. The van der Waals surface area contributed by atoms with Crippen molar-refractivity contribution in [3.05, 3.63) is 72.4 Å². The van der Waals surface area contributed by atoms with Gasteiger partial charge < -0.3 is 9.47 Å². The average Bonchev–Trinajstić information content (AvgIpc) is 3.02. The van der Waals surface area contributed by atoms with Crippen LogP contribution in [0.4, 0.5) is 5.82 Å². The Bertz CT molecular complexity index is 954. The van der Waals surface area contributed by atoms with Crippen molar-refractivity contribution in [3.63, 3.8) is 0 Å². The molecule has 0 bridgehead atoms. The van der Waals surface area contributed by atoms with Crippen molar-refractivity contribution in [1.29, 1.82) is 0 Å². The first-order valence-corrected chi connectivity index (χ1v) is 9.22. The van der Waals surface area contributed by atoms with E-state index in [0.717, 1.165) is 11.4 Å². The van der Waals surface area contributed by atoms with Gasteiger partial charge in [-0.3, -0.25) is 0 Å². The molecule has 0 saturated heterocycles. The van der Waals surface area contributed by atoms with Crippen molar-refractivity contribution < 1.29 is 8.42 Å². The summed E-state index contributed by atoms with van der Waals surface area (Å²) in [6.45, 7) is 1.09.